The molecule has 1 aliphatic carbocycles. The Hall–Kier alpha value is -3.49. The summed E-state index contributed by atoms with van der Waals surface area (Å²) >= 11 is 0. The van der Waals surface area contributed by atoms with E-state index in [0.29, 0.717) is 17.8 Å². The molecule has 1 amide bonds. The van der Waals surface area contributed by atoms with Crippen LogP contribution in [0.15, 0.2) is 55.0 Å². The van der Waals surface area contributed by atoms with E-state index in [0.717, 1.165) is 36.1 Å². The van der Waals surface area contributed by atoms with Crippen molar-refractivity contribution in [2.45, 2.75) is 31.5 Å². The van der Waals surface area contributed by atoms with E-state index in [2.05, 4.69) is 25.6 Å². The van der Waals surface area contributed by atoms with E-state index in [9.17, 15) is 18.0 Å². The molecule has 0 atom stereocenters. The first-order valence-electron chi connectivity index (χ1n) is 9.38. The highest BCUT2D eigenvalue weighted by Crippen LogP contribution is 2.29. The number of rotatable bonds is 6. The Morgan fingerprint density at radius 3 is 2.37 bits per heavy atom. The van der Waals surface area contributed by atoms with E-state index >= 15 is 0 Å². The van der Waals surface area contributed by atoms with Crippen LogP contribution in [0.3, 0.4) is 0 Å². The average Bonchev–Trinajstić information content (AvgIpc) is 3.53. The quantitative estimate of drug-likeness (QED) is 0.630. The number of amides is 1. The molecule has 3 aromatic rings. The Bertz CT molecular complexity index is 1030. The number of alkyl halides is 3. The largest absolute Gasteiger partial charge is 0.416 e. The topological polar surface area (TPSA) is 79.8 Å². The lowest BCUT2D eigenvalue weighted by Crippen LogP contribution is -2.16. The van der Waals surface area contributed by atoms with Crippen molar-refractivity contribution in [3.8, 4) is 11.1 Å². The maximum atomic E-state index is 12.8. The Labute approximate surface area is 170 Å². The average molecular weight is 413 g/mol. The molecule has 0 radical (unpaired) electrons. The molecule has 0 saturated heterocycles. The number of nitrogens with zero attached hydrogens (tertiary/aromatic N) is 3. The standard InChI is InChI=1S/C21H18F3N5O/c22-21(23,24)16-3-1-2-13(8-16)9-19(30)29-18-7-4-14(10-25-18)15-11-26-20(27-12-15)28-17-5-6-17/h1-4,7-8,10-12,17H,5-6,9H2,(H,25,29,30)(H,26,27,28). The van der Waals surface area contributed by atoms with Crippen LogP contribution < -0.4 is 10.6 Å². The van der Waals surface area contributed by atoms with Crippen molar-refractivity contribution in [1.29, 1.82) is 0 Å². The summed E-state index contributed by atoms with van der Waals surface area (Å²) in [6.45, 7) is 0. The van der Waals surface area contributed by atoms with Crippen LogP contribution in [0.2, 0.25) is 0 Å². The van der Waals surface area contributed by atoms with Gasteiger partial charge in [0, 0.05) is 35.8 Å². The zero-order chi connectivity index (χ0) is 21.1. The SMILES string of the molecule is O=C(Cc1cccc(C(F)(F)F)c1)Nc1ccc(-c2cnc(NC3CC3)nc2)cn1. The fourth-order valence-corrected chi connectivity index (χ4v) is 2.83. The highest BCUT2D eigenvalue weighted by atomic mass is 19.4. The summed E-state index contributed by atoms with van der Waals surface area (Å²) in [5, 5.41) is 5.80. The second-order valence-electron chi connectivity index (χ2n) is 7.07. The fourth-order valence-electron chi connectivity index (χ4n) is 2.83. The molecule has 30 heavy (non-hydrogen) atoms. The fraction of sp³-hybridized carbons (Fsp3) is 0.238. The van der Waals surface area contributed by atoms with Gasteiger partial charge in [-0.1, -0.05) is 18.2 Å². The van der Waals surface area contributed by atoms with Crippen LogP contribution in [0, 0.1) is 0 Å². The monoisotopic (exact) mass is 413 g/mol. The van der Waals surface area contributed by atoms with E-state index in [4.69, 9.17) is 0 Å². The highest BCUT2D eigenvalue weighted by Gasteiger charge is 2.30. The summed E-state index contributed by atoms with van der Waals surface area (Å²) in [5.41, 5.74) is 1.06. The summed E-state index contributed by atoms with van der Waals surface area (Å²) in [5.74, 6) is 0.449. The van der Waals surface area contributed by atoms with Gasteiger partial charge in [0.05, 0.1) is 12.0 Å². The Kier molecular flexibility index (Phi) is 5.35. The molecular weight excluding hydrogens is 395 g/mol. The van der Waals surface area contributed by atoms with Gasteiger partial charge in [0.25, 0.3) is 0 Å². The third-order valence-corrected chi connectivity index (χ3v) is 4.55. The zero-order valence-electron chi connectivity index (χ0n) is 15.8. The van der Waals surface area contributed by atoms with Crippen LogP contribution in [0.25, 0.3) is 11.1 Å². The van der Waals surface area contributed by atoms with Crippen molar-refractivity contribution in [3.63, 3.8) is 0 Å². The lowest BCUT2D eigenvalue weighted by Gasteiger charge is -2.09. The van der Waals surface area contributed by atoms with Gasteiger partial charge in [-0.25, -0.2) is 15.0 Å². The van der Waals surface area contributed by atoms with Gasteiger partial charge in [-0.15, -0.1) is 0 Å². The summed E-state index contributed by atoms with van der Waals surface area (Å²) in [4.78, 5) is 24.9. The summed E-state index contributed by atoms with van der Waals surface area (Å²) < 4.78 is 38.4. The first-order valence-corrected chi connectivity index (χ1v) is 9.38. The molecule has 0 bridgehead atoms. The minimum absolute atomic E-state index is 0.184. The van der Waals surface area contributed by atoms with Crippen molar-refractivity contribution in [3.05, 3.63) is 66.1 Å². The molecule has 9 heteroatoms. The number of aromatic nitrogens is 3. The normalized spacial score (nSPS) is 13.7. The van der Waals surface area contributed by atoms with Gasteiger partial charge in [0.2, 0.25) is 11.9 Å². The predicted octanol–water partition coefficient (Wildman–Crippen LogP) is 4.31. The van der Waals surface area contributed by atoms with Crippen molar-refractivity contribution in [2.24, 2.45) is 0 Å². The van der Waals surface area contributed by atoms with Gasteiger partial charge in [0.15, 0.2) is 0 Å². The molecule has 0 aliphatic heterocycles. The van der Waals surface area contributed by atoms with Crippen LogP contribution in [0.5, 0.6) is 0 Å². The van der Waals surface area contributed by atoms with Gasteiger partial charge in [-0.05, 0) is 36.6 Å². The van der Waals surface area contributed by atoms with Crippen molar-refractivity contribution < 1.29 is 18.0 Å². The molecule has 1 fully saturated rings. The molecule has 2 N–H and O–H groups in total. The first-order chi connectivity index (χ1) is 14.4. The molecule has 0 spiro atoms. The van der Waals surface area contributed by atoms with Crippen molar-refractivity contribution >= 4 is 17.7 Å². The first kappa shape index (κ1) is 19.8. The molecule has 4 rings (SSSR count). The van der Waals surface area contributed by atoms with E-state index in [1.165, 1.54) is 12.1 Å². The molecule has 1 saturated carbocycles. The number of nitrogens with one attached hydrogen (secondary N) is 2. The zero-order valence-corrected chi connectivity index (χ0v) is 15.8. The van der Waals surface area contributed by atoms with Gasteiger partial charge in [-0.2, -0.15) is 13.2 Å². The Morgan fingerprint density at radius 2 is 1.73 bits per heavy atom. The molecule has 2 heterocycles. The van der Waals surface area contributed by atoms with Crippen LogP contribution in [-0.4, -0.2) is 26.9 Å². The second kappa shape index (κ2) is 8.10. The minimum Gasteiger partial charge on any atom is -0.351 e. The Morgan fingerprint density at radius 1 is 1.00 bits per heavy atom. The van der Waals surface area contributed by atoms with Crippen LogP contribution in [0.4, 0.5) is 24.9 Å². The number of pyridine rings is 1. The molecule has 0 unspecified atom stereocenters. The molecule has 1 aliphatic rings. The highest BCUT2D eigenvalue weighted by molar-refractivity contribution is 5.91. The van der Waals surface area contributed by atoms with Crippen LogP contribution in [0.1, 0.15) is 24.0 Å². The van der Waals surface area contributed by atoms with Crippen LogP contribution >= 0.6 is 0 Å². The predicted molar refractivity (Wildman–Crippen MR) is 106 cm³/mol. The number of halogens is 3. The number of hydrogen-bond donors (Lipinski definition) is 2. The number of carbonyl (C=O) groups is 1. The smallest absolute Gasteiger partial charge is 0.351 e. The van der Waals surface area contributed by atoms with Gasteiger partial charge < -0.3 is 10.6 Å². The number of hydrogen-bond acceptors (Lipinski definition) is 5. The Balaban J connectivity index is 1.36. The van der Waals surface area contributed by atoms with Gasteiger partial charge in [-0.3, -0.25) is 4.79 Å². The third kappa shape index (κ3) is 5.11. The number of carbonyl (C=O) groups excluding carboxylic acids is 1. The molecule has 6 nitrogen and oxygen atoms in total. The van der Waals surface area contributed by atoms with Crippen LogP contribution in [-0.2, 0) is 17.4 Å². The second-order valence-corrected chi connectivity index (χ2v) is 7.07. The summed E-state index contributed by atoms with van der Waals surface area (Å²) in [7, 11) is 0. The minimum atomic E-state index is -4.44. The van der Waals surface area contributed by atoms with E-state index in [1.807, 2.05) is 0 Å². The van der Waals surface area contributed by atoms with Gasteiger partial charge in [0.1, 0.15) is 5.82 Å². The van der Waals surface area contributed by atoms with Crippen molar-refractivity contribution in [1.82, 2.24) is 15.0 Å². The maximum absolute atomic E-state index is 12.8. The maximum Gasteiger partial charge on any atom is 0.416 e. The third-order valence-electron chi connectivity index (χ3n) is 4.55. The van der Waals surface area contributed by atoms with E-state index in [-0.39, 0.29) is 12.0 Å². The molecule has 1 aromatic carbocycles. The van der Waals surface area contributed by atoms with E-state index < -0.39 is 17.6 Å². The lowest BCUT2D eigenvalue weighted by atomic mass is 10.1. The lowest BCUT2D eigenvalue weighted by molar-refractivity contribution is -0.137. The number of benzene rings is 1. The molecule has 154 valence electrons. The summed E-state index contributed by atoms with van der Waals surface area (Å²) in [6.07, 6.45) is 2.61. The summed E-state index contributed by atoms with van der Waals surface area (Å²) in [6, 6.07) is 8.56. The number of anilines is 2. The van der Waals surface area contributed by atoms with E-state index in [1.54, 1.807) is 30.7 Å². The van der Waals surface area contributed by atoms with Crippen molar-refractivity contribution in [2.75, 3.05) is 10.6 Å². The van der Waals surface area contributed by atoms with Gasteiger partial charge >= 0.3 is 6.18 Å². The molecular formula is C21H18F3N5O. The molecule has 2 aromatic heterocycles.